The van der Waals surface area contributed by atoms with E-state index in [0.29, 0.717) is 17.1 Å². The van der Waals surface area contributed by atoms with Gasteiger partial charge >= 0.3 is 5.97 Å². The van der Waals surface area contributed by atoms with Crippen LogP contribution in [0.4, 0.5) is 0 Å². The second-order valence-electron chi connectivity index (χ2n) is 3.86. The lowest BCUT2D eigenvalue weighted by Crippen LogP contribution is -2.36. The Morgan fingerprint density at radius 1 is 1.44 bits per heavy atom. The van der Waals surface area contributed by atoms with Crippen LogP contribution in [0.1, 0.15) is 12.5 Å². The maximum Gasteiger partial charge on any atom is 0.316 e. The van der Waals surface area contributed by atoms with E-state index in [4.69, 9.17) is 14.6 Å². The summed E-state index contributed by atoms with van der Waals surface area (Å²) in [6, 6.07) is 4.86. The van der Waals surface area contributed by atoms with Crippen molar-refractivity contribution in [1.82, 2.24) is 0 Å². The normalized spacial score (nSPS) is 16.9. The molecule has 0 radical (unpaired) electrons. The summed E-state index contributed by atoms with van der Waals surface area (Å²) < 4.78 is 10.3. The van der Waals surface area contributed by atoms with Crippen molar-refractivity contribution in [2.75, 3.05) is 13.4 Å². The van der Waals surface area contributed by atoms with E-state index in [9.17, 15) is 9.90 Å². The fourth-order valence-corrected chi connectivity index (χ4v) is 1.52. The Morgan fingerprint density at radius 2 is 2.12 bits per heavy atom. The summed E-state index contributed by atoms with van der Waals surface area (Å²) in [7, 11) is 0. The highest BCUT2D eigenvalue weighted by molar-refractivity contribution is 5.81. The van der Waals surface area contributed by atoms with E-state index in [-0.39, 0.29) is 6.79 Å². The molecular formula is C11H12O5. The topological polar surface area (TPSA) is 76.0 Å². The monoisotopic (exact) mass is 224 g/mol. The second-order valence-corrected chi connectivity index (χ2v) is 3.86. The van der Waals surface area contributed by atoms with Crippen LogP contribution in [0.15, 0.2) is 18.2 Å². The summed E-state index contributed by atoms with van der Waals surface area (Å²) in [5, 5.41) is 18.3. The van der Waals surface area contributed by atoms with Crippen molar-refractivity contribution in [2.24, 2.45) is 0 Å². The number of benzene rings is 1. The Kier molecular flexibility index (Phi) is 2.47. The average molecular weight is 224 g/mol. The molecule has 0 aliphatic carbocycles. The van der Waals surface area contributed by atoms with Crippen molar-refractivity contribution in [2.45, 2.75) is 12.3 Å². The number of aliphatic hydroxyl groups is 1. The molecule has 1 aromatic rings. The number of ether oxygens (including phenoxy) is 2. The molecule has 0 amide bonds. The van der Waals surface area contributed by atoms with Crippen molar-refractivity contribution < 1.29 is 24.5 Å². The highest BCUT2D eigenvalue weighted by Crippen LogP contribution is 2.36. The molecule has 5 nitrogen and oxygen atoms in total. The van der Waals surface area contributed by atoms with Crippen molar-refractivity contribution in [1.29, 1.82) is 0 Å². The molecule has 16 heavy (non-hydrogen) atoms. The number of aliphatic hydroxyl groups excluding tert-OH is 1. The Bertz CT molecular complexity index is 428. The number of rotatable bonds is 3. The standard InChI is InChI=1S/C11H12O5/c1-11(5-12,10(13)14)7-2-3-8-9(4-7)16-6-15-8/h2-4,12H,5-6H2,1H3,(H,13,14). The van der Waals surface area contributed by atoms with Gasteiger partial charge < -0.3 is 19.7 Å². The fourth-order valence-electron chi connectivity index (χ4n) is 1.52. The number of carboxylic acid groups (broad SMARTS) is 1. The molecule has 86 valence electrons. The molecule has 1 heterocycles. The number of hydrogen-bond acceptors (Lipinski definition) is 4. The van der Waals surface area contributed by atoms with E-state index in [1.54, 1.807) is 18.2 Å². The lowest BCUT2D eigenvalue weighted by atomic mass is 9.83. The van der Waals surface area contributed by atoms with Crippen LogP contribution >= 0.6 is 0 Å². The van der Waals surface area contributed by atoms with Crippen LogP contribution in [-0.4, -0.2) is 29.6 Å². The van der Waals surface area contributed by atoms with Crippen LogP contribution in [-0.2, 0) is 10.2 Å². The van der Waals surface area contributed by atoms with Crippen LogP contribution in [0.5, 0.6) is 11.5 Å². The summed E-state index contributed by atoms with van der Waals surface area (Å²) in [6.07, 6.45) is 0. The lowest BCUT2D eigenvalue weighted by Gasteiger charge is -2.22. The summed E-state index contributed by atoms with van der Waals surface area (Å²) >= 11 is 0. The van der Waals surface area contributed by atoms with Gasteiger partial charge in [-0.3, -0.25) is 4.79 Å². The first kappa shape index (κ1) is 10.8. The van der Waals surface area contributed by atoms with E-state index < -0.39 is 18.0 Å². The third kappa shape index (κ3) is 1.49. The fraction of sp³-hybridized carbons (Fsp3) is 0.364. The van der Waals surface area contributed by atoms with Crippen LogP contribution in [0, 0.1) is 0 Å². The third-order valence-corrected chi connectivity index (χ3v) is 2.80. The quantitative estimate of drug-likeness (QED) is 0.792. The van der Waals surface area contributed by atoms with Gasteiger partial charge in [0.25, 0.3) is 0 Å². The van der Waals surface area contributed by atoms with Gasteiger partial charge in [0.1, 0.15) is 5.41 Å². The smallest absolute Gasteiger partial charge is 0.316 e. The second kappa shape index (κ2) is 3.68. The SMILES string of the molecule is CC(CO)(C(=O)O)c1ccc2c(c1)OCO2. The molecule has 5 heteroatoms. The molecule has 0 spiro atoms. The van der Waals surface area contributed by atoms with Crippen molar-refractivity contribution in [3.63, 3.8) is 0 Å². The molecule has 1 unspecified atom stereocenters. The lowest BCUT2D eigenvalue weighted by molar-refractivity contribution is -0.144. The van der Waals surface area contributed by atoms with Gasteiger partial charge in [0.05, 0.1) is 6.61 Å². The van der Waals surface area contributed by atoms with Crippen LogP contribution < -0.4 is 9.47 Å². The number of carboxylic acids is 1. The van der Waals surface area contributed by atoms with Gasteiger partial charge in [0, 0.05) is 0 Å². The number of fused-ring (bicyclic) bond motifs is 1. The average Bonchev–Trinajstić information content (AvgIpc) is 2.74. The number of aliphatic carboxylic acids is 1. The van der Waals surface area contributed by atoms with Crippen LogP contribution in [0.25, 0.3) is 0 Å². The molecule has 0 saturated carbocycles. The minimum Gasteiger partial charge on any atom is -0.481 e. The molecule has 2 rings (SSSR count). The van der Waals surface area contributed by atoms with Gasteiger partial charge in [0.2, 0.25) is 6.79 Å². The highest BCUT2D eigenvalue weighted by Gasteiger charge is 2.35. The van der Waals surface area contributed by atoms with Gasteiger partial charge in [0.15, 0.2) is 11.5 Å². The molecule has 2 N–H and O–H groups in total. The van der Waals surface area contributed by atoms with Gasteiger partial charge in [-0.25, -0.2) is 0 Å². The first-order chi connectivity index (χ1) is 7.58. The van der Waals surface area contributed by atoms with E-state index in [0.717, 1.165) is 0 Å². The molecule has 1 aliphatic heterocycles. The molecular weight excluding hydrogens is 212 g/mol. The Balaban J connectivity index is 2.44. The molecule has 1 atom stereocenters. The number of carbonyl (C=O) groups is 1. The molecule has 0 aromatic heterocycles. The van der Waals surface area contributed by atoms with E-state index in [2.05, 4.69) is 0 Å². The zero-order chi connectivity index (χ0) is 11.8. The van der Waals surface area contributed by atoms with E-state index in [1.165, 1.54) is 6.92 Å². The van der Waals surface area contributed by atoms with E-state index >= 15 is 0 Å². The van der Waals surface area contributed by atoms with Gasteiger partial charge in [-0.15, -0.1) is 0 Å². The zero-order valence-electron chi connectivity index (χ0n) is 8.77. The molecule has 1 aliphatic rings. The summed E-state index contributed by atoms with van der Waals surface area (Å²) in [5.74, 6) is 0.0294. The van der Waals surface area contributed by atoms with Crippen LogP contribution in [0.2, 0.25) is 0 Å². The zero-order valence-corrected chi connectivity index (χ0v) is 8.77. The molecule has 1 aromatic carbocycles. The predicted molar refractivity (Wildman–Crippen MR) is 54.6 cm³/mol. The van der Waals surface area contributed by atoms with Gasteiger partial charge in [-0.05, 0) is 24.6 Å². The minimum atomic E-state index is -1.32. The molecule has 0 bridgehead atoms. The minimum absolute atomic E-state index is 0.141. The van der Waals surface area contributed by atoms with Gasteiger partial charge in [-0.2, -0.15) is 0 Å². The van der Waals surface area contributed by atoms with Gasteiger partial charge in [-0.1, -0.05) is 6.07 Å². The Labute approximate surface area is 92.2 Å². The third-order valence-electron chi connectivity index (χ3n) is 2.80. The maximum atomic E-state index is 11.1. The van der Waals surface area contributed by atoms with Crippen molar-refractivity contribution >= 4 is 5.97 Å². The summed E-state index contributed by atoms with van der Waals surface area (Å²) in [4.78, 5) is 11.1. The Morgan fingerprint density at radius 3 is 2.75 bits per heavy atom. The number of hydrogen-bond donors (Lipinski definition) is 2. The first-order valence-corrected chi connectivity index (χ1v) is 4.82. The summed E-state index contributed by atoms with van der Waals surface area (Å²) in [6.45, 7) is 1.14. The van der Waals surface area contributed by atoms with E-state index in [1.807, 2.05) is 0 Å². The molecule has 0 saturated heterocycles. The van der Waals surface area contributed by atoms with Crippen LogP contribution in [0.3, 0.4) is 0 Å². The largest absolute Gasteiger partial charge is 0.481 e. The first-order valence-electron chi connectivity index (χ1n) is 4.82. The van der Waals surface area contributed by atoms with Crippen molar-refractivity contribution in [3.05, 3.63) is 23.8 Å². The predicted octanol–water partition coefficient (Wildman–Crippen LogP) is 0.750. The van der Waals surface area contributed by atoms with Crippen molar-refractivity contribution in [3.8, 4) is 11.5 Å². The summed E-state index contributed by atoms with van der Waals surface area (Å²) in [5.41, 5.74) is -0.826. The molecule has 0 fully saturated rings. The highest BCUT2D eigenvalue weighted by atomic mass is 16.7. The Hall–Kier alpha value is -1.75. The maximum absolute atomic E-state index is 11.1.